The molecule has 0 aromatic heterocycles. The number of ketones is 1. The van der Waals surface area contributed by atoms with Crippen molar-refractivity contribution in [3.8, 4) is 0 Å². The first-order valence-corrected chi connectivity index (χ1v) is 4.10. The number of carbonyl (C=O) groups excluding carboxylic acids is 1. The largest absolute Gasteiger partial charge is 0.370 e. The summed E-state index contributed by atoms with van der Waals surface area (Å²) in [5.41, 5.74) is 0. The van der Waals surface area contributed by atoms with Crippen LogP contribution in [0, 0.1) is 0 Å². The molecule has 2 heteroatoms. The van der Waals surface area contributed by atoms with Crippen LogP contribution in [0.15, 0.2) is 12.2 Å². The van der Waals surface area contributed by atoms with Gasteiger partial charge in [-0.1, -0.05) is 12.2 Å². The second kappa shape index (κ2) is 4.29. The van der Waals surface area contributed by atoms with E-state index in [1.54, 1.807) is 0 Å². The first kappa shape index (κ1) is 8.47. The molecule has 0 aromatic rings. The second-order valence-corrected chi connectivity index (χ2v) is 2.74. The van der Waals surface area contributed by atoms with E-state index in [9.17, 15) is 4.79 Å². The minimum absolute atomic E-state index is 0.105. The van der Waals surface area contributed by atoms with Gasteiger partial charge in [-0.25, -0.2) is 0 Å². The van der Waals surface area contributed by atoms with Gasteiger partial charge in [-0.05, 0) is 19.8 Å². The Kier molecular flexibility index (Phi) is 3.30. The van der Waals surface area contributed by atoms with Crippen molar-refractivity contribution in [3.63, 3.8) is 0 Å². The molecule has 0 saturated carbocycles. The summed E-state index contributed by atoms with van der Waals surface area (Å²) >= 11 is 0. The van der Waals surface area contributed by atoms with E-state index >= 15 is 0 Å². The molecule has 1 heterocycles. The topological polar surface area (TPSA) is 26.3 Å². The molecule has 1 atom stereocenters. The zero-order chi connectivity index (χ0) is 8.10. The lowest BCUT2D eigenvalue weighted by Gasteiger charge is -2.04. The van der Waals surface area contributed by atoms with Gasteiger partial charge in [0.2, 0.25) is 0 Å². The monoisotopic (exact) mass is 154 g/mol. The van der Waals surface area contributed by atoms with Crippen LogP contribution in [0.2, 0.25) is 0 Å². The summed E-state index contributed by atoms with van der Waals surface area (Å²) < 4.78 is 5.23. The van der Waals surface area contributed by atoms with Crippen LogP contribution in [0.5, 0.6) is 0 Å². The molecule has 1 unspecified atom stereocenters. The van der Waals surface area contributed by atoms with Crippen molar-refractivity contribution >= 4 is 5.78 Å². The molecule has 2 nitrogen and oxygen atoms in total. The fourth-order valence-corrected chi connectivity index (χ4v) is 1.20. The summed E-state index contributed by atoms with van der Waals surface area (Å²) in [4.78, 5) is 11.2. The maximum atomic E-state index is 11.2. The van der Waals surface area contributed by atoms with Gasteiger partial charge in [-0.15, -0.1) is 0 Å². The predicted molar refractivity (Wildman–Crippen MR) is 43.4 cm³/mol. The quantitative estimate of drug-likeness (QED) is 0.578. The van der Waals surface area contributed by atoms with Crippen LogP contribution in [0.3, 0.4) is 0 Å². The van der Waals surface area contributed by atoms with Gasteiger partial charge in [0.15, 0.2) is 5.78 Å². The Balaban J connectivity index is 2.28. The summed E-state index contributed by atoms with van der Waals surface area (Å²) in [6.07, 6.45) is 6.15. The summed E-state index contributed by atoms with van der Waals surface area (Å²) in [5.74, 6) is 0.223. The highest BCUT2D eigenvalue weighted by Gasteiger charge is 2.21. The Hall–Kier alpha value is -0.630. The minimum atomic E-state index is -0.105. The molecule has 11 heavy (non-hydrogen) atoms. The van der Waals surface area contributed by atoms with Crippen molar-refractivity contribution < 1.29 is 9.53 Å². The van der Waals surface area contributed by atoms with Crippen molar-refractivity contribution in [2.24, 2.45) is 0 Å². The van der Waals surface area contributed by atoms with Gasteiger partial charge in [-0.3, -0.25) is 4.79 Å². The number of hydrogen-bond acceptors (Lipinski definition) is 2. The van der Waals surface area contributed by atoms with Crippen LogP contribution in [-0.4, -0.2) is 18.5 Å². The lowest BCUT2D eigenvalue weighted by molar-refractivity contribution is -0.126. The van der Waals surface area contributed by atoms with E-state index in [2.05, 4.69) is 0 Å². The Morgan fingerprint density at radius 3 is 3.09 bits per heavy atom. The SMILES string of the molecule is CC=CCC(=O)C1CCCO1. The number of allylic oxidation sites excluding steroid dienone is 2. The fraction of sp³-hybridized carbons (Fsp3) is 0.667. The van der Waals surface area contributed by atoms with Crippen molar-refractivity contribution in [1.82, 2.24) is 0 Å². The molecule has 1 rings (SSSR count). The minimum Gasteiger partial charge on any atom is -0.370 e. The lowest BCUT2D eigenvalue weighted by Crippen LogP contribution is -2.17. The van der Waals surface area contributed by atoms with E-state index in [0.29, 0.717) is 6.42 Å². The highest BCUT2D eigenvalue weighted by Crippen LogP contribution is 2.14. The van der Waals surface area contributed by atoms with Crippen LogP contribution in [0.1, 0.15) is 26.2 Å². The molecule has 0 aromatic carbocycles. The first-order valence-electron chi connectivity index (χ1n) is 4.10. The summed E-state index contributed by atoms with van der Waals surface area (Å²) in [5, 5.41) is 0. The molecular formula is C9H14O2. The average molecular weight is 154 g/mol. The van der Waals surface area contributed by atoms with Crippen molar-refractivity contribution in [2.45, 2.75) is 32.3 Å². The maximum absolute atomic E-state index is 11.2. The summed E-state index contributed by atoms with van der Waals surface area (Å²) in [7, 11) is 0. The Morgan fingerprint density at radius 1 is 1.73 bits per heavy atom. The number of ether oxygens (including phenoxy) is 1. The van der Waals surface area contributed by atoms with Crippen molar-refractivity contribution in [3.05, 3.63) is 12.2 Å². The normalized spacial score (nSPS) is 24.6. The van der Waals surface area contributed by atoms with Gasteiger partial charge >= 0.3 is 0 Å². The maximum Gasteiger partial charge on any atom is 0.165 e. The van der Waals surface area contributed by atoms with Crippen LogP contribution < -0.4 is 0 Å². The van der Waals surface area contributed by atoms with E-state index < -0.39 is 0 Å². The molecular weight excluding hydrogens is 140 g/mol. The first-order chi connectivity index (χ1) is 5.34. The molecule has 0 spiro atoms. The van der Waals surface area contributed by atoms with Gasteiger partial charge in [0.1, 0.15) is 6.10 Å². The van der Waals surface area contributed by atoms with E-state index in [-0.39, 0.29) is 11.9 Å². The zero-order valence-electron chi connectivity index (χ0n) is 6.88. The number of hydrogen-bond donors (Lipinski definition) is 0. The molecule has 0 aliphatic carbocycles. The molecule has 0 radical (unpaired) electrons. The Bertz CT molecular complexity index is 155. The third-order valence-electron chi connectivity index (χ3n) is 1.84. The summed E-state index contributed by atoms with van der Waals surface area (Å²) in [6.45, 7) is 2.68. The number of rotatable bonds is 3. The van der Waals surface area contributed by atoms with Crippen LogP contribution in [-0.2, 0) is 9.53 Å². The smallest absolute Gasteiger partial charge is 0.165 e. The van der Waals surface area contributed by atoms with Gasteiger partial charge in [0.05, 0.1) is 0 Å². The average Bonchev–Trinajstić information content (AvgIpc) is 2.52. The molecule has 62 valence electrons. The number of Topliss-reactive ketones (excluding diaryl/α,β-unsaturated/α-hetero) is 1. The zero-order valence-corrected chi connectivity index (χ0v) is 6.88. The van der Waals surface area contributed by atoms with Gasteiger partial charge in [0.25, 0.3) is 0 Å². The highest BCUT2D eigenvalue weighted by molar-refractivity contribution is 5.84. The Labute approximate surface area is 67.2 Å². The standard InChI is InChI=1S/C9H14O2/c1-2-3-5-8(10)9-6-4-7-11-9/h2-3,9H,4-7H2,1H3. The molecule has 0 bridgehead atoms. The van der Waals surface area contributed by atoms with Crippen LogP contribution in [0.25, 0.3) is 0 Å². The van der Waals surface area contributed by atoms with Crippen molar-refractivity contribution in [1.29, 1.82) is 0 Å². The Morgan fingerprint density at radius 2 is 2.55 bits per heavy atom. The van der Waals surface area contributed by atoms with Gasteiger partial charge in [-0.2, -0.15) is 0 Å². The predicted octanol–water partition coefficient (Wildman–Crippen LogP) is 1.70. The van der Waals surface area contributed by atoms with Crippen LogP contribution >= 0.6 is 0 Å². The molecule has 1 saturated heterocycles. The third-order valence-corrected chi connectivity index (χ3v) is 1.84. The number of carbonyl (C=O) groups is 1. The van der Waals surface area contributed by atoms with E-state index in [1.165, 1.54) is 0 Å². The van der Waals surface area contributed by atoms with E-state index in [4.69, 9.17) is 4.74 Å². The highest BCUT2D eigenvalue weighted by atomic mass is 16.5. The second-order valence-electron chi connectivity index (χ2n) is 2.74. The van der Waals surface area contributed by atoms with E-state index in [0.717, 1.165) is 19.4 Å². The van der Waals surface area contributed by atoms with Crippen LogP contribution in [0.4, 0.5) is 0 Å². The fourth-order valence-electron chi connectivity index (χ4n) is 1.20. The molecule has 1 aliphatic heterocycles. The molecule has 1 aliphatic rings. The van der Waals surface area contributed by atoms with Gasteiger partial charge < -0.3 is 4.74 Å². The molecule has 1 fully saturated rings. The lowest BCUT2D eigenvalue weighted by atomic mass is 10.1. The third kappa shape index (κ3) is 2.46. The van der Waals surface area contributed by atoms with Crippen molar-refractivity contribution in [2.75, 3.05) is 6.61 Å². The molecule has 0 amide bonds. The van der Waals surface area contributed by atoms with Gasteiger partial charge in [0, 0.05) is 13.0 Å². The van der Waals surface area contributed by atoms with E-state index in [1.807, 2.05) is 19.1 Å². The summed E-state index contributed by atoms with van der Waals surface area (Å²) in [6, 6.07) is 0. The molecule has 0 N–H and O–H groups in total.